The maximum Gasteiger partial charge on any atom is 0.213 e. The lowest BCUT2D eigenvalue weighted by Gasteiger charge is -2.27. The fourth-order valence-electron chi connectivity index (χ4n) is 3.80. The topological polar surface area (TPSA) is 80.2 Å². The molecule has 0 radical (unpaired) electrons. The van der Waals surface area contributed by atoms with E-state index in [1.165, 1.54) is 12.3 Å². The van der Waals surface area contributed by atoms with Crippen LogP contribution in [0.5, 0.6) is 11.5 Å². The third-order valence-corrected chi connectivity index (χ3v) is 6.34. The number of nitrogens with one attached hydrogen (secondary N) is 1. The van der Waals surface area contributed by atoms with E-state index in [0.717, 1.165) is 41.0 Å². The normalized spacial score (nSPS) is 18.8. The maximum atomic E-state index is 13.4. The number of aromatic nitrogens is 3. The number of nitrogens with zero attached hydrogens (tertiary/aromatic N) is 3. The largest absolute Gasteiger partial charge is 0.457 e. The van der Waals surface area contributed by atoms with Crippen molar-refractivity contribution in [3.8, 4) is 22.8 Å². The van der Waals surface area contributed by atoms with E-state index in [2.05, 4.69) is 20.3 Å². The number of fused-ring (bicyclic) bond motifs is 1. The average molecular weight is 437 g/mol. The highest BCUT2D eigenvalue weighted by atomic mass is 32.1. The number of aliphatic hydroxyl groups is 1. The molecule has 1 saturated carbocycles. The number of rotatable bonds is 5. The summed E-state index contributed by atoms with van der Waals surface area (Å²) in [6.45, 7) is 0. The Morgan fingerprint density at radius 3 is 2.71 bits per heavy atom. The summed E-state index contributed by atoms with van der Waals surface area (Å²) < 4.78 is 20.4. The van der Waals surface area contributed by atoms with E-state index in [4.69, 9.17) is 4.74 Å². The minimum atomic E-state index is -0.550. The number of hydrogen-bond acceptors (Lipinski definition) is 7. The van der Waals surface area contributed by atoms with Gasteiger partial charge in [0.25, 0.3) is 0 Å². The first-order valence-corrected chi connectivity index (χ1v) is 11.1. The fourth-order valence-corrected chi connectivity index (χ4v) is 4.75. The highest BCUT2D eigenvalue weighted by Crippen LogP contribution is 2.33. The molecule has 1 aliphatic carbocycles. The monoisotopic (exact) mass is 436 g/mol. The van der Waals surface area contributed by atoms with Crippen molar-refractivity contribution in [3.63, 3.8) is 0 Å². The van der Waals surface area contributed by atoms with Gasteiger partial charge >= 0.3 is 0 Å². The van der Waals surface area contributed by atoms with Crippen LogP contribution in [0.3, 0.4) is 0 Å². The number of thiazole rings is 1. The Morgan fingerprint density at radius 1 is 1.00 bits per heavy atom. The molecule has 1 aliphatic rings. The zero-order valence-corrected chi connectivity index (χ0v) is 17.5. The smallest absolute Gasteiger partial charge is 0.213 e. The van der Waals surface area contributed by atoms with Crippen LogP contribution in [0.2, 0.25) is 0 Å². The second-order valence-corrected chi connectivity index (χ2v) is 8.63. The first-order valence-electron chi connectivity index (χ1n) is 10.2. The van der Waals surface area contributed by atoms with Crippen molar-refractivity contribution in [1.29, 1.82) is 0 Å². The van der Waals surface area contributed by atoms with Crippen LogP contribution in [0.1, 0.15) is 25.7 Å². The van der Waals surface area contributed by atoms with Crippen molar-refractivity contribution in [2.75, 3.05) is 5.32 Å². The van der Waals surface area contributed by atoms with E-state index >= 15 is 0 Å². The van der Waals surface area contributed by atoms with Gasteiger partial charge < -0.3 is 15.2 Å². The minimum Gasteiger partial charge on any atom is -0.457 e. The van der Waals surface area contributed by atoms with Crippen molar-refractivity contribution in [2.45, 2.75) is 37.8 Å². The fraction of sp³-hybridized carbons (Fsp3) is 0.261. The third kappa shape index (κ3) is 4.50. The molecule has 8 heteroatoms. The summed E-state index contributed by atoms with van der Waals surface area (Å²) in [6.07, 6.45) is 6.71. The lowest BCUT2D eigenvalue weighted by molar-refractivity contribution is 0.116. The van der Waals surface area contributed by atoms with Crippen molar-refractivity contribution >= 4 is 26.7 Å². The van der Waals surface area contributed by atoms with E-state index in [-0.39, 0.29) is 12.1 Å². The molecule has 0 saturated heterocycles. The van der Waals surface area contributed by atoms with Gasteiger partial charge in [-0.3, -0.25) is 4.98 Å². The molecule has 0 amide bonds. The summed E-state index contributed by atoms with van der Waals surface area (Å²) in [5.41, 5.74) is 2.12. The van der Waals surface area contributed by atoms with Gasteiger partial charge in [-0.25, -0.2) is 9.97 Å². The molecule has 3 heterocycles. The van der Waals surface area contributed by atoms with Gasteiger partial charge in [0.1, 0.15) is 11.5 Å². The van der Waals surface area contributed by atoms with Crippen molar-refractivity contribution in [1.82, 2.24) is 15.0 Å². The molecule has 2 atom stereocenters. The van der Waals surface area contributed by atoms with Gasteiger partial charge in [0, 0.05) is 36.2 Å². The Labute approximate surface area is 182 Å². The zero-order chi connectivity index (χ0) is 21.2. The summed E-state index contributed by atoms with van der Waals surface area (Å²) in [6, 6.07) is 12.4. The Bertz CT molecular complexity index is 1220. The quantitative estimate of drug-likeness (QED) is 0.408. The predicted octanol–water partition coefficient (Wildman–Crippen LogP) is 5.40. The first kappa shape index (κ1) is 19.8. The maximum absolute atomic E-state index is 13.4. The van der Waals surface area contributed by atoms with Crippen molar-refractivity contribution < 1.29 is 14.2 Å². The molecule has 0 unspecified atom stereocenters. The van der Waals surface area contributed by atoms with Crippen LogP contribution >= 0.6 is 11.3 Å². The van der Waals surface area contributed by atoms with Gasteiger partial charge in [0.05, 0.1) is 28.1 Å². The van der Waals surface area contributed by atoms with Crippen LogP contribution in [-0.4, -0.2) is 32.2 Å². The summed E-state index contributed by atoms with van der Waals surface area (Å²) in [5.74, 6) is 0.736. The Kier molecular flexibility index (Phi) is 5.48. The number of pyridine rings is 2. The van der Waals surface area contributed by atoms with Crippen LogP contribution < -0.4 is 10.1 Å². The average Bonchev–Trinajstić information content (AvgIpc) is 3.17. The highest BCUT2D eigenvalue weighted by Gasteiger charge is 2.23. The van der Waals surface area contributed by atoms with Crippen LogP contribution in [-0.2, 0) is 0 Å². The number of ether oxygens (including phenoxy) is 1. The Balaban J connectivity index is 1.34. The van der Waals surface area contributed by atoms with E-state index in [1.54, 1.807) is 35.7 Å². The lowest BCUT2D eigenvalue weighted by Crippen LogP contribution is -2.36. The molecule has 2 N–H and O–H groups in total. The number of anilines is 1. The second kappa shape index (κ2) is 8.56. The van der Waals surface area contributed by atoms with Crippen molar-refractivity contribution in [3.05, 3.63) is 60.8 Å². The molecule has 4 aromatic rings. The Morgan fingerprint density at radius 2 is 1.84 bits per heavy atom. The number of halogens is 1. The van der Waals surface area contributed by atoms with E-state index in [0.29, 0.717) is 22.8 Å². The molecule has 6 nitrogen and oxygen atoms in total. The Hall–Kier alpha value is -3.10. The van der Waals surface area contributed by atoms with Gasteiger partial charge in [0.15, 0.2) is 5.13 Å². The van der Waals surface area contributed by atoms with Crippen LogP contribution in [0.15, 0.2) is 54.9 Å². The minimum absolute atomic E-state index is 0.0540. The van der Waals surface area contributed by atoms with Gasteiger partial charge in [-0.2, -0.15) is 4.39 Å². The third-order valence-electron chi connectivity index (χ3n) is 5.39. The molecular weight excluding hydrogens is 415 g/mol. The number of hydrogen-bond donors (Lipinski definition) is 2. The summed E-state index contributed by atoms with van der Waals surface area (Å²) in [4.78, 5) is 12.5. The van der Waals surface area contributed by atoms with Gasteiger partial charge in [-0.05, 0) is 37.1 Å². The van der Waals surface area contributed by atoms with Gasteiger partial charge in [-0.1, -0.05) is 24.2 Å². The molecule has 5 rings (SSSR count). The second-order valence-electron chi connectivity index (χ2n) is 7.60. The summed E-state index contributed by atoms with van der Waals surface area (Å²) in [5, 5.41) is 14.4. The van der Waals surface area contributed by atoms with Crippen LogP contribution in [0, 0.1) is 5.95 Å². The molecule has 3 aromatic heterocycles. The number of benzene rings is 1. The molecule has 1 fully saturated rings. The van der Waals surface area contributed by atoms with E-state index < -0.39 is 5.95 Å². The zero-order valence-electron chi connectivity index (χ0n) is 16.7. The molecular formula is C23H21FN4O2S. The highest BCUT2D eigenvalue weighted by molar-refractivity contribution is 7.22. The lowest BCUT2D eigenvalue weighted by atomic mass is 9.93. The summed E-state index contributed by atoms with van der Waals surface area (Å²) >= 11 is 1.55. The number of aliphatic hydroxyl groups excluding tert-OH is 1. The van der Waals surface area contributed by atoms with Gasteiger partial charge in [0.2, 0.25) is 5.95 Å². The first-order chi connectivity index (χ1) is 15.1. The molecule has 1 aromatic carbocycles. The van der Waals surface area contributed by atoms with E-state index in [1.807, 2.05) is 18.2 Å². The standard InChI is InChI=1S/C23H21FN4O2S/c24-22-11-14(7-9-26-22)19-12-16(8-10-25-19)30-15-5-6-18-21(13-15)31-23(28-18)27-17-3-1-2-4-20(17)29/h5-13,17,20,29H,1-4H2,(H,27,28)/t17-,20-/m1/s1. The molecule has 0 bridgehead atoms. The van der Waals surface area contributed by atoms with Crippen LogP contribution in [0.25, 0.3) is 21.5 Å². The van der Waals surface area contributed by atoms with E-state index in [9.17, 15) is 9.50 Å². The SMILES string of the molecule is O[C@@H]1CCCC[C@H]1Nc1nc2ccc(Oc3ccnc(-c4ccnc(F)c4)c3)cc2s1. The molecule has 158 valence electrons. The van der Waals surface area contributed by atoms with Crippen molar-refractivity contribution in [2.24, 2.45) is 0 Å². The summed E-state index contributed by atoms with van der Waals surface area (Å²) in [7, 11) is 0. The molecule has 0 spiro atoms. The molecule has 0 aliphatic heterocycles. The predicted molar refractivity (Wildman–Crippen MR) is 119 cm³/mol. The van der Waals surface area contributed by atoms with Gasteiger partial charge in [-0.15, -0.1) is 0 Å². The van der Waals surface area contributed by atoms with Crippen LogP contribution in [0.4, 0.5) is 9.52 Å². The molecule has 31 heavy (non-hydrogen) atoms.